The standard InChI is InChI=1S/C28H35BrClN3O3S2/c1-2-3-4-5-16-32(20-24-10-12-26(29)36-24)23-14-17-33(18-15-23)38(35)27-13-11-25(37-27)19-31-28(34)21-6-8-22(30)9-7-21/h6-13,23H,2-5,14-20H2,1H3,(H,31,34). The summed E-state index contributed by atoms with van der Waals surface area (Å²) in [5.74, 6) is 0.827. The number of rotatable bonds is 13. The zero-order valence-electron chi connectivity index (χ0n) is 21.7. The van der Waals surface area contributed by atoms with E-state index in [2.05, 4.69) is 37.4 Å². The van der Waals surface area contributed by atoms with Crippen molar-refractivity contribution in [3.05, 3.63) is 74.4 Å². The summed E-state index contributed by atoms with van der Waals surface area (Å²) in [6.07, 6.45) is 6.90. The van der Waals surface area contributed by atoms with E-state index in [1.165, 1.54) is 37.0 Å². The number of benzene rings is 1. The van der Waals surface area contributed by atoms with Gasteiger partial charge in [-0.2, -0.15) is 0 Å². The number of amides is 1. The molecule has 1 aromatic carbocycles. The summed E-state index contributed by atoms with van der Waals surface area (Å²) in [5, 5.41) is 3.53. The minimum atomic E-state index is -1.19. The third-order valence-electron chi connectivity index (χ3n) is 6.80. The van der Waals surface area contributed by atoms with Gasteiger partial charge < -0.3 is 14.3 Å². The fourth-order valence-electron chi connectivity index (χ4n) is 4.69. The Morgan fingerprint density at radius 1 is 1.16 bits per heavy atom. The van der Waals surface area contributed by atoms with Gasteiger partial charge in [0.05, 0.1) is 24.5 Å². The predicted octanol–water partition coefficient (Wildman–Crippen LogP) is 7.26. The molecule has 38 heavy (non-hydrogen) atoms. The van der Waals surface area contributed by atoms with Gasteiger partial charge >= 0.3 is 0 Å². The van der Waals surface area contributed by atoms with Crippen LogP contribution in [0.5, 0.6) is 0 Å². The molecule has 0 bridgehead atoms. The van der Waals surface area contributed by atoms with Gasteiger partial charge in [0.1, 0.15) is 5.76 Å². The van der Waals surface area contributed by atoms with E-state index in [1.807, 2.05) is 24.3 Å². The van der Waals surface area contributed by atoms with Crippen molar-refractivity contribution in [1.82, 2.24) is 14.5 Å². The van der Waals surface area contributed by atoms with Crippen LogP contribution in [0.2, 0.25) is 5.02 Å². The molecule has 1 aliphatic heterocycles. The SMILES string of the molecule is CCCCCCN(Cc1ccc(Br)o1)C1CCN([S+]([O-])c2ccc(CNC(=O)c3ccc(Cl)cc3)s2)CC1. The summed E-state index contributed by atoms with van der Waals surface area (Å²) in [7, 11) is 0. The van der Waals surface area contributed by atoms with Crippen LogP contribution < -0.4 is 5.32 Å². The Labute approximate surface area is 246 Å². The number of unbranched alkanes of at least 4 members (excludes halogenated alkanes) is 3. The summed E-state index contributed by atoms with van der Waals surface area (Å²) in [6.45, 7) is 6.10. The van der Waals surface area contributed by atoms with E-state index in [0.29, 0.717) is 23.2 Å². The molecular weight excluding hydrogens is 606 g/mol. The molecule has 0 saturated carbocycles. The van der Waals surface area contributed by atoms with Gasteiger partial charge in [0.25, 0.3) is 5.91 Å². The second-order valence-corrected chi connectivity index (χ2v) is 13.7. The number of thiophene rings is 1. The van der Waals surface area contributed by atoms with Crippen LogP contribution in [0.4, 0.5) is 0 Å². The minimum Gasteiger partial charge on any atom is -0.592 e. The quantitative estimate of drug-likeness (QED) is 0.157. The second kappa shape index (κ2) is 14.9. The normalized spacial score (nSPS) is 15.7. The molecule has 4 rings (SSSR count). The van der Waals surface area contributed by atoms with Gasteiger partial charge in [-0.15, -0.1) is 4.31 Å². The molecule has 1 unspecified atom stereocenters. The van der Waals surface area contributed by atoms with Gasteiger partial charge in [-0.05, 0) is 84.2 Å². The van der Waals surface area contributed by atoms with Crippen molar-refractivity contribution < 1.29 is 13.8 Å². The van der Waals surface area contributed by atoms with Gasteiger partial charge in [-0.25, -0.2) is 0 Å². The molecule has 1 aliphatic rings. The average molecular weight is 641 g/mol. The van der Waals surface area contributed by atoms with Crippen LogP contribution >= 0.6 is 38.9 Å². The van der Waals surface area contributed by atoms with Crippen molar-refractivity contribution in [2.45, 2.75) is 68.8 Å². The lowest BCUT2D eigenvalue weighted by Gasteiger charge is -2.37. The number of nitrogens with zero attached hydrogens (tertiary/aromatic N) is 2. The van der Waals surface area contributed by atoms with E-state index in [-0.39, 0.29) is 5.91 Å². The number of carbonyl (C=O) groups excluding carboxylic acids is 1. The highest BCUT2D eigenvalue weighted by Gasteiger charge is 2.32. The van der Waals surface area contributed by atoms with Crippen molar-refractivity contribution in [2.24, 2.45) is 0 Å². The Bertz CT molecular complexity index is 1150. The summed E-state index contributed by atoms with van der Waals surface area (Å²) < 4.78 is 22.8. The Morgan fingerprint density at radius 3 is 2.61 bits per heavy atom. The molecule has 206 valence electrons. The maximum absolute atomic E-state index is 13.3. The predicted molar refractivity (Wildman–Crippen MR) is 159 cm³/mol. The number of hydrogen-bond acceptors (Lipinski definition) is 6. The van der Waals surface area contributed by atoms with E-state index < -0.39 is 11.4 Å². The summed E-state index contributed by atoms with van der Waals surface area (Å²) in [6, 6.07) is 15.1. The Balaban J connectivity index is 1.28. The van der Waals surface area contributed by atoms with Crippen molar-refractivity contribution in [1.29, 1.82) is 0 Å². The van der Waals surface area contributed by atoms with Crippen LogP contribution in [-0.2, 0) is 24.5 Å². The molecule has 2 aromatic heterocycles. The van der Waals surface area contributed by atoms with Crippen LogP contribution in [0, 0.1) is 0 Å². The van der Waals surface area contributed by atoms with E-state index >= 15 is 0 Å². The monoisotopic (exact) mass is 639 g/mol. The van der Waals surface area contributed by atoms with Crippen molar-refractivity contribution in [2.75, 3.05) is 19.6 Å². The molecule has 1 saturated heterocycles. The van der Waals surface area contributed by atoms with Gasteiger partial charge in [-0.1, -0.05) is 49.1 Å². The van der Waals surface area contributed by atoms with Crippen molar-refractivity contribution >= 4 is 56.1 Å². The second-order valence-electron chi connectivity index (χ2n) is 9.56. The van der Waals surface area contributed by atoms with Crippen molar-refractivity contribution in [3.63, 3.8) is 0 Å². The molecule has 10 heteroatoms. The van der Waals surface area contributed by atoms with Crippen LogP contribution in [-0.4, -0.2) is 45.3 Å². The average Bonchev–Trinajstić information content (AvgIpc) is 3.58. The molecule has 1 atom stereocenters. The highest BCUT2D eigenvalue weighted by Crippen LogP contribution is 2.29. The first-order valence-corrected chi connectivity index (χ1v) is 16.3. The van der Waals surface area contributed by atoms with E-state index in [1.54, 1.807) is 24.3 Å². The number of carbonyl (C=O) groups is 1. The van der Waals surface area contributed by atoms with Crippen LogP contribution in [0.25, 0.3) is 0 Å². The third-order valence-corrected chi connectivity index (χ3v) is 10.3. The molecule has 1 amide bonds. The van der Waals surface area contributed by atoms with E-state index in [0.717, 1.165) is 58.5 Å². The largest absolute Gasteiger partial charge is 0.592 e. The van der Waals surface area contributed by atoms with Gasteiger partial charge in [-0.3, -0.25) is 9.69 Å². The summed E-state index contributed by atoms with van der Waals surface area (Å²) in [5.41, 5.74) is 0.566. The lowest BCUT2D eigenvalue weighted by atomic mass is 10.0. The van der Waals surface area contributed by atoms with Gasteiger partial charge in [0.15, 0.2) is 4.67 Å². The topological polar surface area (TPSA) is 71.8 Å². The summed E-state index contributed by atoms with van der Waals surface area (Å²) >= 11 is 9.63. The minimum absolute atomic E-state index is 0.152. The molecule has 0 radical (unpaired) electrons. The van der Waals surface area contributed by atoms with Crippen molar-refractivity contribution in [3.8, 4) is 0 Å². The molecule has 1 N–H and O–H groups in total. The van der Waals surface area contributed by atoms with Gasteiger partial charge in [0.2, 0.25) is 4.21 Å². The first kappa shape index (κ1) is 29.6. The van der Waals surface area contributed by atoms with Gasteiger partial charge in [0, 0.05) is 40.7 Å². The Kier molecular flexibility index (Phi) is 11.6. The zero-order valence-corrected chi connectivity index (χ0v) is 25.6. The molecule has 3 aromatic rings. The molecule has 0 aliphatic carbocycles. The highest BCUT2D eigenvalue weighted by atomic mass is 79.9. The zero-order chi connectivity index (χ0) is 26.9. The van der Waals surface area contributed by atoms with E-state index in [4.69, 9.17) is 16.0 Å². The van der Waals surface area contributed by atoms with Crippen LogP contribution in [0.1, 0.15) is 66.4 Å². The maximum atomic E-state index is 13.3. The Hall–Kier alpha value is -1.33. The molecular formula is C28H35BrClN3O3S2. The third kappa shape index (κ3) is 8.58. The first-order valence-electron chi connectivity index (χ1n) is 13.2. The smallest absolute Gasteiger partial charge is 0.251 e. The van der Waals surface area contributed by atoms with Crippen LogP contribution in [0.15, 0.2) is 61.8 Å². The summed E-state index contributed by atoms with van der Waals surface area (Å²) in [4.78, 5) is 15.9. The first-order chi connectivity index (χ1) is 18.4. The fourth-order valence-corrected chi connectivity index (χ4v) is 7.73. The number of piperidine rings is 1. The maximum Gasteiger partial charge on any atom is 0.251 e. The number of hydrogen-bond donors (Lipinski definition) is 1. The molecule has 6 nitrogen and oxygen atoms in total. The Morgan fingerprint density at radius 2 is 1.92 bits per heavy atom. The molecule has 1 fully saturated rings. The molecule has 3 heterocycles. The lowest BCUT2D eigenvalue weighted by molar-refractivity contribution is 0.0951. The number of furan rings is 1. The number of halogens is 2. The fraction of sp³-hybridized carbons (Fsp3) is 0.464. The lowest BCUT2D eigenvalue weighted by Crippen LogP contribution is -2.46. The highest BCUT2D eigenvalue weighted by molar-refractivity contribution is 9.10. The molecule has 0 spiro atoms. The van der Waals surface area contributed by atoms with Crippen LogP contribution in [0.3, 0.4) is 0 Å². The number of nitrogens with one attached hydrogen (secondary N) is 1. The van der Waals surface area contributed by atoms with E-state index in [9.17, 15) is 9.35 Å².